The molecule has 0 aromatic carbocycles. The van der Waals surface area contributed by atoms with Crippen molar-refractivity contribution < 1.29 is 28.6 Å². The van der Waals surface area contributed by atoms with Crippen LogP contribution in [-0.2, 0) is 28.6 Å². The lowest BCUT2D eigenvalue weighted by molar-refractivity contribution is -0.167. The van der Waals surface area contributed by atoms with Crippen LogP contribution >= 0.6 is 0 Å². The average molecular weight is 1100 g/mol. The summed E-state index contributed by atoms with van der Waals surface area (Å²) in [6.45, 7) is 6.38. The zero-order valence-corrected chi connectivity index (χ0v) is 51.6. The van der Waals surface area contributed by atoms with Crippen molar-refractivity contribution in [2.75, 3.05) is 13.2 Å². The molecule has 1 atom stereocenters. The van der Waals surface area contributed by atoms with Crippen LogP contribution < -0.4 is 0 Å². The minimum Gasteiger partial charge on any atom is -0.462 e. The van der Waals surface area contributed by atoms with Crippen LogP contribution in [0.4, 0.5) is 0 Å². The molecule has 0 aliphatic carbocycles. The fourth-order valence-electron chi connectivity index (χ4n) is 9.09. The molecule has 0 saturated heterocycles. The van der Waals surface area contributed by atoms with Crippen LogP contribution in [0.15, 0.2) is 122 Å². The Morgan fingerprint density at radius 1 is 0.266 bits per heavy atom. The van der Waals surface area contributed by atoms with E-state index in [-0.39, 0.29) is 31.1 Å². The molecule has 0 aliphatic heterocycles. The topological polar surface area (TPSA) is 78.9 Å². The summed E-state index contributed by atoms with van der Waals surface area (Å²) in [6.07, 6.45) is 92.3. The molecule has 0 aliphatic rings. The number of esters is 3. The summed E-state index contributed by atoms with van der Waals surface area (Å²) in [7, 11) is 0. The van der Waals surface area contributed by atoms with Gasteiger partial charge in [-0.3, -0.25) is 14.4 Å². The number of hydrogen-bond acceptors (Lipinski definition) is 6. The second-order valence-corrected chi connectivity index (χ2v) is 21.6. The molecule has 6 nitrogen and oxygen atoms in total. The minimum atomic E-state index is -0.782. The van der Waals surface area contributed by atoms with E-state index in [0.717, 1.165) is 128 Å². The van der Waals surface area contributed by atoms with Crippen molar-refractivity contribution in [1.29, 1.82) is 0 Å². The molecule has 0 rings (SSSR count). The van der Waals surface area contributed by atoms with Gasteiger partial charge in [-0.25, -0.2) is 0 Å². The van der Waals surface area contributed by atoms with Crippen LogP contribution in [0.1, 0.15) is 303 Å². The van der Waals surface area contributed by atoms with Crippen molar-refractivity contribution in [2.45, 2.75) is 309 Å². The molecule has 6 heteroatoms. The Hall–Kier alpha value is -4.19. The SMILES string of the molecule is CC/C=C\C/C=C\C/C=C\C/C=C\C/C=C\C/C=C\CCCCCCCCCCC(=O)OCC(COC(=O)CCCCCCCCC)OC(=O)CCCCCCCCCCCCCCCC/C=C\C/C=C\C/C=C\C/C=C\CC. The van der Waals surface area contributed by atoms with Gasteiger partial charge in [0.1, 0.15) is 13.2 Å². The number of carbonyl (C=O) groups is 3. The van der Waals surface area contributed by atoms with Crippen LogP contribution in [-0.4, -0.2) is 37.2 Å². The van der Waals surface area contributed by atoms with E-state index in [0.29, 0.717) is 19.3 Å². The number of carbonyl (C=O) groups excluding carboxylic acids is 3. The highest BCUT2D eigenvalue weighted by Crippen LogP contribution is 2.16. The van der Waals surface area contributed by atoms with E-state index < -0.39 is 6.10 Å². The number of unbranched alkanes of at least 4 members (excludes halogenated alkanes) is 28. The van der Waals surface area contributed by atoms with Gasteiger partial charge in [0, 0.05) is 19.3 Å². The second-order valence-electron chi connectivity index (χ2n) is 21.6. The first-order chi connectivity index (χ1) is 39.0. The van der Waals surface area contributed by atoms with E-state index in [1.54, 1.807) is 0 Å². The van der Waals surface area contributed by atoms with Gasteiger partial charge in [0.2, 0.25) is 0 Å². The van der Waals surface area contributed by atoms with Crippen LogP contribution in [0, 0.1) is 0 Å². The van der Waals surface area contributed by atoms with Crippen LogP contribution in [0.25, 0.3) is 0 Å². The van der Waals surface area contributed by atoms with Gasteiger partial charge in [0.15, 0.2) is 6.10 Å². The molecular weight excluding hydrogens is 973 g/mol. The fourth-order valence-corrected chi connectivity index (χ4v) is 9.09. The van der Waals surface area contributed by atoms with E-state index in [2.05, 4.69) is 142 Å². The number of ether oxygens (including phenoxy) is 3. The third-order valence-electron chi connectivity index (χ3n) is 14.0. The molecule has 0 N–H and O–H groups in total. The van der Waals surface area contributed by atoms with Crippen molar-refractivity contribution >= 4 is 17.9 Å². The molecule has 0 spiro atoms. The molecule has 0 aromatic rings. The number of hydrogen-bond donors (Lipinski definition) is 0. The van der Waals surface area contributed by atoms with E-state index in [1.165, 1.54) is 135 Å². The lowest BCUT2D eigenvalue weighted by atomic mass is 10.0. The Labute approximate surface area is 488 Å². The van der Waals surface area contributed by atoms with Gasteiger partial charge in [-0.15, -0.1) is 0 Å². The molecule has 0 saturated carbocycles. The number of rotatable bonds is 59. The maximum atomic E-state index is 12.9. The summed E-state index contributed by atoms with van der Waals surface area (Å²) < 4.78 is 16.9. The lowest BCUT2D eigenvalue weighted by Gasteiger charge is -2.18. The summed E-state index contributed by atoms with van der Waals surface area (Å²) in [5.74, 6) is -0.890. The highest BCUT2D eigenvalue weighted by Gasteiger charge is 2.19. The summed E-state index contributed by atoms with van der Waals surface area (Å²) in [5.41, 5.74) is 0. The highest BCUT2D eigenvalue weighted by atomic mass is 16.6. The third kappa shape index (κ3) is 64.5. The van der Waals surface area contributed by atoms with Gasteiger partial charge in [-0.1, -0.05) is 296 Å². The van der Waals surface area contributed by atoms with E-state index >= 15 is 0 Å². The smallest absolute Gasteiger partial charge is 0.306 e. The van der Waals surface area contributed by atoms with Gasteiger partial charge < -0.3 is 14.2 Å². The van der Waals surface area contributed by atoms with E-state index in [4.69, 9.17) is 14.2 Å². The first-order valence-corrected chi connectivity index (χ1v) is 33.0. The molecule has 0 aromatic heterocycles. The monoisotopic (exact) mass is 1090 g/mol. The standard InChI is InChI=1S/C73H122O6/c1-4-7-10-13-16-18-20-22-24-26-28-30-32-34-36-38-40-42-44-46-48-50-52-54-57-60-63-66-72(75)78-69-70(68-77-71(74)65-62-59-56-15-12-9-6-3)79-73(76)67-64-61-58-55-53-51-49-47-45-43-41-39-37-35-33-31-29-27-25-23-21-19-17-14-11-8-5-2/h7-8,10-11,16-19,22-25,28-31,34,36,40,42,70H,4-6,9,12-15,20-21,26-27,32-33,35,37-39,41,43-69H2,1-3H3/b10-7-,11-8-,18-16-,19-17-,24-22-,25-23-,30-28-,31-29-,36-34-,42-40-. The molecular formula is C73H122O6. The van der Waals surface area contributed by atoms with Crippen molar-refractivity contribution in [2.24, 2.45) is 0 Å². The molecule has 0 heterocycles. The maximum absolute atomic E-state index is 12.9. The van der Waals surface area contributed by atoms with Crippen molar-refractivity contribution in [1.82, 2.24) is 0 Å². The summed E-state index contributed by atoms with van der Waals surface area (Å²) in [4.78, 5) is 38.1. The van der Waals surface area contributed by atoms with Crippen molar-refractivity contribution in [3.8, 4) is 0 Å². The Morgan fingerprint density at radius 2 is 0.494 bits per heavy atom. The predicted molar refractivity (Wildman–Crippen MR) is 343 cm³/mol. The molecule has 450 valence electrons. The summed E-state index contributed by atoms with van der Waals surface area (Å²) in [6, 6.07) is 0. The normalized spacial score (nSPS) is 12.9. The van der Waals surface area contributed by atoms with Crippen molar-refractivity contribution in [3.63, 3.8) is 0 Å². The molecule has 0 amide bonds. The number of allylic oxidation sites excluding steroid dienone is 20. The van der Waals surface area contributed by atoms with Gasteiger partial charge in [0.25, 0.3) is 0 Å². The Balaban J connectivity index is 4.15. The van der Waals surface area contributed by atoms with Crippen LogP contribution in [0.5, 0.6) is 0 Å². The van der Waals surface area contributed by atoms with E-state index in [1.807, 2.05) is 0 Å². The van der Waals surface area contributed by atoms with Crippen molar-refractivity contribution in [3.05, 3.63) is 122 Å². The van der Waals surface area contributed by atoms with Gasteiger partial charge >= 0.3 is 17.9 Å². The highest BCUT2D eigenvalue weighted by molar-refractivity contribution is 5.71. The van der Waals surface area contributed by atoms with E-state index in [9.17, 15) is 14.4 Å². The Bertz CT molecular complexity index is 1640. The van der Waals surface area contributed by atoms with Crippen LogP contribution in [0.3, 0.4) is 0 Å². The molecule has 0 radical (unpaired) electrons. The molecule has 0 bridgehead atoms. The second kappa shape index (κ2) is 66.3. The summed E-state index contributed by atoms with van der Waals surface area (Å²) in [5, 5.41) is 0. The summed E-state index contributed by atoms with van der Waals surface area (Å²) >= 11 is 0. The van der Waals surface area contributed by atoms with Crippen LogP contribution in [0.2, 0.25) is 0 Å². The Morgan fingerprint density at radius 3 is 0.772 bits per heavy atom. The lowest BCUT2D eigenvalue weighted by Crippen LogP contribution is -2.30. The third-order valence-corrected chi connectivity index (χ3v) is 14.0. The fraction of sp³-hybridized carbons (Fsp3) is 0.685. The average Bonchev–Trinajstić information content (AvgIpc) is 3.45. The van der Waals surface area contributed by atoms with Gasteiger partial charge in [-0.05, 0) is 109 Å². The first kappa shape index (κ1) is 74.8. The predicted octanol–water partition coefficient (Wildman–Crippen LogP) is 22.8. The van der Waals surface area contributed by atoms with Gasteiger partial charge in [-0.2, -0.15) is 0 Å². The molecule has 79 heavy (non-hydrogen) atoms. The maximum Gasteiger partial charge on any atom is 0.306 e. The quantitative estimate of drug-likeness (QED) is 0.0261. The van der Waals surface area contributed by atoms with Gasteiger partial charge in [0.05, 0.1) is 0 Å². The minimum absolute atomic E-state index is 0.0804. The molecule has 0 fully saturated rings. The zero-order chi connectivity index (χ0) is 57.1. The zero-order valence-electron chi connectivity index (χ0n) is 51.6. The molecule has 1 unspecified atom stereocenters. The largest absolute Gasteiger partial charge is 0.462 e. The first-order valence-electron chi connectivity index (χ1n) is 33.0. The Kier molecular flexibility index (Phi) is 62.8.